The fraction of sp³-hybridized carbons (Fsp3) is 0.867. The Morgan fingerprint density at radius 2 is 2.25 bits per heavy atom. The van der Waals surface area contributed by atoms with Gasteiger partial charge in [-0.3, -0.25) is 0 Å². The number of rotatable bonds is 5. The quantitative estimate of drug-likeness (QED) is 0.898. The lowest BCUT2D eigenvalue weighted by atomic mass is 10.0. The highest BCUT2D eigenvalue weighted by Gasteiger charge is 2.29. The molecule has 5 heteroatoms. The second kappa shape index (κ2) is 6.22. The summed E-state index contributed by atoms with van der Waals surface area (Å²) >= 11 is 0. The van der Waals surface area contributed by atoms with Crippen LogP contribution in [0, 0.1) is 5.92 Å². The second-order valence-corrected chi connectivity index (χ2v) is 6.19. The molecule has 2 aliphatic rings. The number of nitrogens with one attached hydrogen (secondary N) is 1. The van der Waals surface area contributed by atoms with Crippen molar-refractivity contribution in [3.05, 3.63) is 11.6 Å². The smallest absolute Gasteiger partial charge is 0.176 e. The van der Waals surface area contributed by atoms with Gasteiger partial charge in [0.05, 0.1) is 6.04 Å². The molecule has 0 aromatic carbocycles. The van der Waals surface area contributed by atoms with Gasteiger partial charge in [0.1, 0.15) is 12.4 Å². The summed E-state index contributed by atoms with van der Waals surface area (Å²) in [5, 5.41) is 8.37. The lowest BCUT2D eigenvalue weighted by Crippen LogP contribution is -2.35. The van der Waals surface area contributed by atoms with Crippen molar-refractivity contribution < 1.29 is 4.74 Å². The van der Waals surface area contributed by atoms with Crippen LogP contribution in [0.3, 0.4) is 0 Å². The van der Waals surface area contributed by atoms with E-state index in [1.54, 1.807) is 7.11 Å². The Hall–Kier alpha value is -0.940. The molecule has 112 valence electrons. The SMILES string of the molecule is CC[C@@H]1CC[C@@H](N[C@H]2CCCn3nc(COC)nc32)C1. The number of methoxy groups -OCH3 is 1. The predicted octanol–water partition coefficient (Wildman–Crippen LogP) is 2.43. The van der Waals surface area contributed by atoms with Crippen molar-refractivity contribution >= 4 is 0 Å². The van der Waals surface area contributed by atoms with Gasteiger partial charge in [0, 0.05) is 19.7 Å². The predicted molar refractivity (Wildman–Crippen MR) is 77.3 cm³/mol. The first-order chi connectivity index (χ1) is 9.80. The van der Waals surface area contributed by atoms with Gasteiger partial charge in [0.25, 0.3) is 0 Å². The first-order valence-corrected chi connectivity index (χ1v) is 7.98. The second-order valence-electron chi connectivity index (χ2n) is 6.19. The number of hydrogen-bond acceptors (Lipinski definition) is 4. The average molecular weight is 278 g/mol. The van der Waals surface area contributed by atoms with Crippen LogP contribution in [-0.2, 0) is 17.9 Å². The van der Waals surface area contributed by atoms with Gasteiger partial charge < -0.3 is 10.1 Å². The maximum absolute atomic E-state index is 5.14. The Morgan fingerprint density at radius 3 is 3.00 bits per heavy atom. The van der Waals surface area contributed by atoms with E-state index in [2.05, 4.69) is 27.0 Å². The number of fused-ring (bicyclic) bond motifs is 1. The van der Waals surface area contributed by atoms with E-state index < -0.39 is 0 Å². The van der Waals surface area contributed by atoms with Crippen molar-refractivity contribution in [1.29, 1.82) is 0 Å². The van der Waals surface area contributed by atoms with Crippen molar-refractivity contribution in [2.75, 3.05) is 7.11 Å². The Morgan fingerprint density at radius 1 is 1.35 bits per heavy atom. The van der Waals surface area contributed by atoms with Crippen LogP contribution in [0.5, 0.6) is 0 Å². The van der Waals surface area contributed by atoms with E-state index in [4.69, 9.17) is 4.74 Å². The molecule has 20 heavy (non-hydrogen) atoms. The standard InChI is InChI=1S/C15H26N4O/c1-3-11-6-7-12(9-11)16-13-5-4-8-19-15(13)17-14(18-19)10-20-2/h11-13,16H,3-10H2,1-2H3/t11-,12-,13+/m1/s1. The van der Waals surface area contributed by atoms with Crippen LogP contribution in [0.2, 0.25) is 0 Å². The van der Waals surface area contributed by atoms with Crippen LogP contribution in [0.1, 0.15) is 63.1 Å². The van der Waals surface area contributed by atoms with Crippen molar-refractivity contribution in [3.8, 4) is 0 Å². The number of nitrogens with zero attached hydrogens (tertiary/aromatic N) is 3. The van der Waals surface area contributed by atoms with Gasteiger partial charge >= 0.3 is 0 Å². The molecule has 3 rings (SSSR count). The van der Waals surface area contributed by atoms with Crippen molar-refractivity contribution in [3.63, 3.8) is 0 Å². The Balaban J connectivity index is 1.67. The molecule has 0 spiro atoms. The zero-order chi connectivity index (χ0) is 13.9. The van der Waals surface area contributed by atoms with Crippen LogP contribution in [0.4, 0.5) is 0 Å². The van der Waals surface area contributed by atoms with E-state index >= 15 is 0 Å². The minimum absolute atomic E-state index is 0.377. The molecule has 0 unspecified atom stereocenters. The summed E-state index contributed by atoms with van der Waals surface area (Å²) in [4.78, 5) is 4.67. The summed E-state index contributed by atoms with van der Waals surface area (Å²) in [6, 6.07) is 1.04. The normalized spacial score (nSPS) is 29.6. The maximum Gasteiger partial charge on any atom is 0.176 e. The van der Waals surface area contributed by atoms with Crippen LogP contribution < -0.4 is 5.32 Å². The Kier molecular flexibility index (Phi) is 4.36. The van der Waals surface area contributed by atoms with E-state index in [0.717, 1.165) is 24.1 Å². The van der Waals surface area contributed by atoms with Gasteiger partial charge in [0.2, 0.25) is 0 Å². The molecular weight excluding hydrogens is 252 g/mol. The molecule has 1 saturated carbocycles. The summed E-state index contributed by atoms with van der Waals surface area (Å²) in [5.74, 6) is 2.84. The van der Waals surface area contributed by atoms with E-state index in [-0.39, 0.29) is 0 Å². The number of aromatic nitrogens is 3. The van der Waals surface area contributed by atoms with Crippen molar-refractivity contribution in [2.24, 2.45) is 5.92 Å². The molecule has 1 aliphatic carbocycles. The lowest BCUT2D eigenvalue weighted by Gasteiger charge is -2.26. The number of ether oxygens (including phenoxy) is 1. The van der Waals surface area contributed by atoms with E-state index in [0.29, 0.717) is 18.7 Å². The van der Waals surface area contributed by atoms with E-state index in [1.807, 2.05) is 0 Å². The molecule has 0 amide bonds. The number of hydrogen-bond donors (Lipinski definition) is 1. The lowest BCUT2D eigenvalue weighted by molar-refractivity contribution is 0.177. The minimum atomic E-state index is 0.377. The summed E-state index contributed by atoms with van der Waals surface area (Å²) in [6.45, 7) is 3.81. The molecule has 0 radical (unpaired) electrons. The molecule has 2 heterocycles. The molecule has 5 nitrogen and oxygen atoms in total. The zero-order valence-electron chi connectivity index (χ0n) is 12.6. The fourth-order valence-corrected chi connectivity index (χ4v) is 3.63. The first kappa shape index (κ1) is 14.0. The Labute approximate surface area is 121 Å². The highest BCUT2D eigenvalue weighted by atomic mass is 16.5. The summed E-state index contributed by atoms with van der Waals surface area (Å²) in [7, 11) is 1.69. The van der Waals surface area contributed by atoms with Gasteiger partial charge in [-0.2, -0.15) is 5.10 Å². The van der Waals surface area contributed by atoms with Crippen molar-refractivity contribution in [1.82, 2.24) is 20.1 Å². The molecule has 1 N–H and O–H groups in total. The topological polar surface area (TPSA) is 52.0 Å². The molecule has 1 fully saturated rings. The monoisotopic (exact) mass is 278 g/mol. The van der Waals surface area contributed by atoms with E-state index in [1.165, 1.54) is 38.5 Å². The fourth-order valence-electron chi connectivity index (χ4n) is 3.63. The third-order valence-electron chi connectivity index (χ3n) is 4.75. The van der Waals surface area contributed by atoms with Crippen LogP contribution in [0.15, 0.2) is 0 Å². The average Bonchev–Trinajstić information content (AvgIpc) is 3.06. The molecule has 1 aliphatic heterocycles. The van der Waals surface area contributed by atoms with E-state index in [9.17, 15) is 0 Å². The largest absolute Gasteiger partial charge is 0.377 e. The first-order valence-electron chi connectivity index (χ1n) is 7.98. The van der Waals surface area contributed by atoms with Gasteiger partial charge in [-0.05, 0) is 38.0 Å². The highest BCUT2D eigenvalue weighted by Crippen LogP contribution is 2.31. The molecular formula is C15H26N4O. The number of aryl methyl sites for hydroxylation is 1. The van der Waals surface area contributed by atoms with Gasteiger partial charge in [0.15, 0.2) is 5.82 Å². The van der Waals surface area contributed by atoms with Gasteiger partial charge in [-0.15, -0.1) is 0 Å². The van der Waals surface area contributed by atoms with Crippen LogP contribution in [0.25, 0.3) is 0 Å². The minimum Gasteiger partial charge on any atom is -0.377 e. The Bertz CT molecular complexity index is 445. The zero-order valence-corrected chi connectivity index (χ0v) is 12.6. The summed E-state index contributed by atoms with van der Waals surface area (Å²) in [6.07, 6.45) is 7.70. The van der Waals surface area contributed by atoms with Gasteiger partial charge in [-0.1, -0.05) is 13.3 Å². The molecule has 0 saturated heterocycles. The maximum atomic E-state index is 5.14. The van der Waals surface area contributed by atoms with Crippen LogP contribution in [-0.4, -0.2) is 27.9 Å². The third kappa shape index (κ3) is 2.88. The van der Waals surface area contributed by atoms with Crippen LogP contribution >= 0.6 is 0 Å². The highest BCUT2D eigenvalue weighted by molar-refractivity contribution is 5.03. The molecule has 1 aromatic heterocycles. The third-order valence-corrected chi connectivity index (χ3v) is 4.75. The molecule has 0 bridgehead atoms. The summed E-state index contributed by atoms with van der Waals surface area (Å²) < 4.78 is 7.22. The van der Waals surface area contributed by atoms with Crippen molar-refractivity contribution in [2.45, 2.75) is 70.7 Å². The molecule has 3 atom stereocenters. The van der Waals surface area contributed by atoms with Gasteiger partial charge in [-0.25, -0.2) is 9.67 Å². The summed E-state index contributed by atoms with van der Waals surface area (Å²) in [5.41, 5.74) is 0. The molecule has 1 aromatic rings.